The number of hydrogen-bond donors (Lipinski definition) is 1. The van der Waals surface area contributed by atoms with Crippen molar-refractivity contribution in [3.05, 3.63) is 36.4 Å². The van der Waals surface area contributed by atoms with Crippen LogP contribution in [0.4, 0.5) is 0 Å². The Kier molecular flexibility index (Phi) is 3.78. The number of nitrogens with zero attached hydrogens (tertiary/aromatic N) is 6. The second kappa shape index (κ2) is 6.14. The third-order valence-electron chi connectivity index (χ3n) is 5.72. The Morgan fingerprint density at radius 2 is 2.07 bits per heavy atom. The van der Waals surface area contributed by atoms with Gasteiger partial charge in [-0.2, -0.15) is 19.9 Å². The van der Waals surface area contributed by atoms with Crippen molar-refractivity contribution in [3.63, 3.8) is 0 Å². The number of H-pyrrole nitrogens is 1. The van der Waals surface area contributed by atoms with Crippen molar-refractivity contribution in [1.29, 1.82) is 10.5 Å². The molecule has 0 atom stereocenters. The molecule has 10 heteroatoms. The van der Waals surface area contributed by atoms with Crippen LogP contribution >= 0.6 is 0 Å². The fourth-order valence-electron chi connectivity index (χ4n) is 3.97. The molecule has 1 aliphatic carbocycles. The largest absolute Gasteiger partial charge is 0.346 e. The van der Waals surface area contributed by atoms with Crippen LogP contribution in [0.1, 0.15) is 24.8 Å². The van der Waals surface area contributed by atoms with Crippen LogP contribution < -0.4 is 0 Å². The molecule has 5 rings (SSSR count). The van der Waals surface area contributed by atoms with Crippen molar-refractivity contribution in [2.45, 2.75) is 30.1 Å². The lowest BCUT2D eigenvalue weighted by Gasteiger charge is -2.48. The summed E-state index contributed by atoms with van der Waals surface area (Å²) in [6.45, 7) is 0.475. The highest BCUT2D eigenvalue weighted by molar-refractivity contribution is 7.90. The Morgan fingerprint density at radius 1 is 1.28 bits per heavy atom. The van der Waals surface area contributed by atoms with Crippen molar-refractivity contribution in [1.82, 2.24) is 24.1 Å². The van der Waals surface area contributed by atoms with Crippen molar-refractivity contribution >= 4 is 21.1 Å². The first-order valence-electron chi connectivity index (χ1n) is 9.26. The van der Waals surface area contributed by atoms with Crippen LogP contribution in [0.25, 0.3) is 22.2 Å². The lowest BCUT2D eigenvalue weighted by Crippen LogP contribution is -2.64. The van der Waals surface area contributed by atoms with Gasteiger partial charge in [0.25, 0.3) is 0 Å². The van der Waals surface area contributed by atoms with Gasteiger partial charge in [0.05, 0.1) is 29.5 Å². The van der Waals surface area contributed by atoms with Crippen LogP contribution in [0.15, 0.2) is 30.9 Å². The second-order valence-electron chi connectivity index (χ2n) is 7.64. The maximum absolute atomic E-state index is 12.5. The van der Waals surface area contributed by atoms with Crippen LogP contribution in [-0.4, -0.2) is 50.8 Å². The summed E-state index contributed by atoms with van der Waals surface area (Å²) in [6, 6.07) is 6.20. The molecule has 9 nitrogen and oxygen atoms in total. The van der Waals surface area contributed by atoms with Gasteiger partial charge in [0.15, 0.2) is 0 Å². The third-order valence-corrected chi connectivity index (χ3v) is 8.01. The predicted octanol–water partition coefficient (Wildman–Crippen LogP) is 1.71. The molecule has 0 spiro atoms. The summed E-state index contributed by atoms with van der Waals surface area (Å²) >= 11 is 0. The van der Waals surface area contributed by atoms with E-state index in [0.29, 0.717) is 24.1 Å². The second-order valence-corrected chi connectivity index (χ2v) is 9.86. The standard InChI is InChI=1S/C19H17N7O2S/c20-5-4-19(11-25(12-19)29(27,28)15-1-2-15)26-10-14(9-24-26)17-13(7-21)8-23-18-16(17)3-6-22-18/h3,6,8-10,15H,1-2,4,11-12H2,(H,22,23). The van der Waals surface area contributed by atoms with E-state index in [-0.39, 0.29) is 24.8 Å². The molecule has 2 fully saturated rings. The Morgan fingerprint density at radius 3 is 2.76 bits per heavy atom. The van der Waals surface area contributed by atoms with E-state index in [1.54, 1.807) is 23.3 Å². The minimum absolute atomic E-state index is 0.159. The highest BCUT2D eigenvalue weighted by Gasteiger charge is 2.53. The lowest BCUT2D eigenvalue weighted by atomic mass is 9.89. The first-order chi connectivity index (χ1) is 14.0. The molecule has 1 saturated heterocycles. The van der Waals surface area contributed by atoms with Crippen molar-refractivity contribution < 1.29 is 8.42 Å². The van der Waals surface area contributed by atoms with Gasteiger partial charge in [-0.3, -0.25) is 4.68 Å². The summed E-state index contributed by atoms with van der Waals surface area (Å²) in [5, 5.41) is 23.9. The molecule has 3 aromatic rings. The number of aromatic amines is 1. The first kappa shape index (κ1) is 17.9. The van der Waals surface area contributed by atoms with Gasteiger partial charge in [-0.15, -0.1) is 0 Å². The molecule has 146 valence electrons. The number of sulfonamides is 1. The molecule has 2 aliphatic rings. The van der Waals surface area contributed by atoms with Gasteiger partial charge in [0, 0.05) is 48.2 Å². The van der Waals surface area contributed by atoms with Crippen LogP contribution in [0.2, 0.25) is 0 Å². The molecular weight excluding hydrogens is 390 g/mol. The molecule has 0 aromatic carbocycles. The highest BCUT2D eigenvalue weighted by atomic mass is 32.2. The zero-order valence-corrected chi connectivity index (χ0v) is 16.2. The Hall–Kier alpha value is -3.21. The number of aromatic nitrogens is 4. The van der Waals surface area contributed by atoms with Gasteiger partial charge in [-0.05, 0) is 18.9 Å². The van der Waals surface area contributed by atoms with Gasteiger partial charge < -0.3 is 4.98 Å². The van der Waals surface area contributed by atoms with Gasteiger partial charge in [0.2, 0.25) is 10.0 Å². The molecule has 1 N–H and O–H groups in total. The van der Waals surface area contributed by atoms with E-state index in [1.807, 2.05) is 6.07 Å². The monoisotopic (exact) mass is 407 g/mol. The maximum atomic E-state index is 12.5. The molecule has 0 amide bonds. The lowest BCUT2D eigenvalue weighted by molar-refractivity contribution is 0.0716. The first-order valence-corrected chi connectivity index (χ1v) is 10.8. The van der Waals surface area contributed by atoms with E-state index in [2.05, 4.69) is 27.2 Å². The highest BCUT2D eigenvalue weighted by Crippen LogP contribution is 2.41. The van der Waals surface area contributed by atoms with Gasteiger partial charge in [-0.1, -0.05) is 0 Å². The van der Waals surface area contributed by atoms with E-state index >= 15 is 0 Å². The van der Waals surface area contributed by atoms with E-state index < -0.39 is 15.6 Å². The SMILES string of the molecule is N#CCC1(n2cc(-c3c(C#N)cnc4[nH]ccc34)cn2)CN(S(=O)(=O)C2CC2)C1. The van der Waals surface area contributed by atoms with Crippen LogP contribution in [0, 0.1) is 22.7 Å². The van der Waals surface area contributed by atoms with Gasteiger partial charge >= 0.3 is 0 Å². The number of nitriles is 2. The number of pyridine rings is 1. The average molecular weight is 407 g/mol. The Balaban J connectivity index is 1.52. The topological polar surface area (TPSA) is 131 Å². The average Bonchev–Trinajstić information content (AvgIpc) is 3.25. The molecule has 1 aliphatic heterocycles. The molecule has 1 saturated carbocycles. The smallest absolute Gasteiger partial charge is 0.217 e. The van der Waals surface area contributed by atoms with E-state index in [0.717, 1.165) is 16.5 Å². The molecule has 0 bridgehead atoms. The molecule has 0 radical (unpaired) electrons. The molecule has 0 unspecified atom stereocenters. The number of hydrogen-bond acceptors (Lipinski definition) is 6. The zero-order valence-electron chi connectivity index (χ0n) is 15.4. The third kappa shape index (κ3) is 2.64. The molecule has 4 heterocycles. The summed E-state index contributed by atoms with van der Waals surface area (Å²) in [5.41, 5.74) is 1.86. The van der Waals surface area contributed by atoms with E-state index in [9.17, 15) is 18.9 Å². The number of nitrogens with one attached hydrogen (secondary N) is 1. The van der Waals surface area contributed by atoms with Crippen LogP contribution in [0.5, 0.6) is 0 Å². The van der Waals surface area contributed by atoms with Crippen LogP contribution in [0.3, 0.4) is 0 Å². The quantitative estimate of drug-likeness (QED) is 0.685. The summed E-state index contributed by atoms with van der Waals surface area (Å²) < 4.78 is 28.1. The number of rotatable bonds is 5. The fraction of sp³-hybridized carbons (Fsp3) is 0.368. The van der Waals surface area contributed by atoms with Crippen LogP contribution in [-0.2, 0) is 15.6 Å². The summed E-state index contributed by atoms with van der Waals surface area (Å²) in [5.74, 6) is 0. The fourth-order valence-corrected chi connectivity index (χ4v) is 5.96. The molecular formula is C19H17N7O2S. The van der Waals surface area contributed by atoms with E-state index in [1.165, 1.54) is 10.5 Å². The van der Waals surface area contributed by atoms with Crippen molar-refractivity contribution in [3.8, 4) is 23.3 Å². The summed E-state index contributed by atoms with van der Waals surface area (Å²) in [4.78, 5) is 7.28. The van der Waals surface area contributed by atoms with E-state index in [4.69, 9.17) is 0 Å². The normalized spacial score (nSPS) is 18.8. The summed E-state index contributed by atoms with van der Waals surface area (Å²) in [7, 11) is -3.28. The maximum Gasteiger partial charge on any atom is 0.217 e. The van der Waals surface area contributed by atoms with Crippen molar-refractivity contribution in [2.24, 2.45) is 0 Å². The van der Waals surface area contributed by atoms with Gasteiger partial charge in [0.1, 0.15) is 17.3 Å². The zero-order chi connectivity index (χ0) is 20.2. The minimum atomic E-state index is -3.28. The minimum Gasteiger partial charge on any atom is -0.346 e. The molecule has 3 aromatic heterocycles. The molecule has 29 heavy (non-hydrogen) atoms. The predicted molar refractivity (Wildman–Crippen MR) is 104 cm³/mol. The van der Waals surface area contributed by atoms with Crippen molar-refractivity contribution in [2.75, 3.05) is 13.1 Å². The summed E-state index contributed by atoms with van der Waals surface area (Å²) in [6.07, 6.45) is 8.30. The Labute approximate surface area is 167 Å². The number of fused-ring (bicyclic) bond motifs is 1. The van der Waals surface area contributed by atoms with Gasteiger partial charge in [-0.25, -0.2) is 13.4 Å². The Bertz CT molecular complexity index is 1300.